The van der Waals surface area contributed by atoms with E-state index in [9.17, 15) is 10.2 Å². The van der Waals surface area contributed by atoms with Crippen molar-refractivity contribution in [1.82, 2.24) is 0 Å². The summed E-state index contributed by atoms with van der Waals surface area (Å²) >= 11 is 0. The maximum atomic E-state index is 9.34. The second-order valence-corrected chi connectivity index (χ2v) is 4.27. The predicted molar refractivity (Wildman–Crippen MR) is 53.1 cm³/mol. The lowest BCUT2D eigenvalue weighted by molar-refractivity contribution is -0.129. The van der Waals surface area contributed by atoms with Crippen molar-refractivity contribution >= 4 is 8.60 Å². The maximum absolute atomic E-state index is 9.34. The molecule has 0 bridgehead atoms. The van der Waals surface area contributed by atoms with Crippen LogP contribution in [0.5, 0.6) is 0 Å². The maximum Gasteiger partial charge on any atom is 0.329 e. The first kappa shape index (κ1) is 13.3. The van der Waals surface area contributed by atoms with E-state index in [1.807, 2.05) is 0 Å². The average molecular weight is 240 g/mol. The molecule has 7 heteroatoms. The number of aliphatic hydroxyl groups excluding tert-OH is 2. The molecule has 1 aliphatic rings. The molecule has 0 aromatic carbocycles. The van der Waals surface area contributed by atoms with E-state index in [0.717, 1.165) is 0 Å². The van der Waals surface area contributed by atoms with Crippen LogP contribution in [-0.4, -0.2) is 53.2 Å². The molecule has 90 valence electrons. The van der Waals surface area contributed by atoms with E-state index >= 15 is 0 Å². The van der Waals surface area contributed by atoms with Gasteiger partial charge in [-0.15, -0.1) is 0 Å². The van der Waals surface area contributed by atoms with Crippen molar-refractivity contribution in [2.75, 3.05) is 19.8 Å². The van der Waals surface area contributed by atoms with Crippen LogP contribution in [0.3, 0.4) is 0 Å². The Labute approximate surface area is 89.8 Å². The smallest absolute Gasteiger partial charge is 0.329 e. The zero-order valence-corrected chi connectivity index (χ0v) is 9.47. The van der Waals surface area contributed by atoms with E-state index in [2.05, 4.69) is 0 Å². The van der Waals surface area contributed by atoms with Gasteiger partial charge in [-0.1, -0.05) is 0 Å². The van der Waals surface area contributed by atoms with Crippen molar-refractivity contribution in [2.24, 2.45) is 0 Å². The number of ether oxygens (including phenoxy) is 1. The molecular weight excluding hydrogens is 223 g/mol. The van der Waals surface area contributed by atoms with Gasteiger partial charge in [0.1, 0.15) is 6.10 Å². The van der Waals surface area contributed by atoms with Crippen molar-refractivity contribution in [3.63, 3.8) is 0 Å². The number of hydrogen-bond acceptors (Lipinski definition) is 6. The summed E-state index contributed by atoms with van der Waals surface area (Å²) in [4.78, 5) is 9.15. The fraction of sp³-hybridized carbons (Fsp3) is 1.00. The minimum atomic E-state index is -1.85. The molecular formula is C8H17O6P. The molecule has 0 saturated carbocycles. The van der Waals surface area contributed by atoms with Crippen molar-refractivity contribution in [3.05, 3.63) is 0 Å². The predicted octanol–water partition coefficient (Wildman–Crippen LogP) is -0.231. The summed E-state index contributed by atoms with van der Waals surface area (Å²) in [5, 5.41) is 18.5. The van der Waals surface area contributed by atoms with Gasteiger partial charge in [0, 0.05) is 6.42 Å². The highest BCUT2D eigenvalue weighted by molar-refractivity contribution is 7.40. The SMILES string of the molecule is CCOP(O)OCC1CC(O)C(O)CO1. The Hall–Kier alpha value is 0.190. The van der Waals surface area contributed by atoms with Gasteiger partial charge in [0.15, 0.2) is 0 Å². The molecule has 0 aromatic heterocycles. The fourth-order valence-electron chi connectivity index (χ4n) is 1.25. The molecule has 15 heavy (non-hydrogen) atoms. The molecule has 1 aliphatic heterocycles. The zero-order chi connectivity index (χ0) is 11.3. The molecule has 0 spiro atoms. The van der Waals surface area contributed by atoms with Crippen molar-refractivity contribution in [2.45, 2.75) is 31.7 Å². The van der Waals surface area contributed by atoms with Gasteiger partial charge in [0.25, 0.3) is 0 Å². The van der Waals surface area contributed by atoms with Gasteiger partial charge >= 0.3 is 8.60 Å². The van der Waals surface area contributed by atoms with E-state index in [4.69, 9.17) is 18.7 Å². The molecule has 0 radical (unpaired) electrons. The Balaban J connectivity index is 2.16. The molecule has 0 amide bonds. The van der Waals surface area contributed by atoms with Crippen LogP contribution in [0.15, 0.2) is 0 Å². The molecule has 4 atom stereocenters. The Bertz CT molecular complexity index is 181. The Morgan fingerprint density at radius 1 is 1.33 bits per heavy atom. The number of rotatable bonds is 5. The fourth-order valence-corrected chi connectivity index (χ4v) is 1.84. The second-order valence-electron chi connectivity index (χ2n) is 3.28. The van der Waals surface area contributed by atoms with Gasteiger partial charge in [-0.05, 0) is 6.92 Å². The van der Waals surface area contributed by atoms with Crippen molar-refractivity contribution < 1.29 is 28.9 Å². The van der Waals surface area contributed by atoms with Gasteiger partial charge in [-0.25, -0.2) is 0 Å². The van der Waals surface area contributed by atoms with E-state index in [1.54, 1.807) is 6.92 Å². The summed E-state index contributed by atoms with van der Waals surface area (Å²) in [7, 11) is -1.85. The molecule has 1 heterocycles. The van der Waals surface area contributed by atoms with E-state index < -0.39 is 20.8 Å². The number of hydrogen-bond donors (Lipinski definition) is 3. The molecule has 0 aromatic rings. The second kappa shape index (κ2) is 6.70. The third kappa shape index (κ3) is 4.70. The largest absolute Gasteiger partial charge is 0.390 e. The summed E-state index contributed by atoms with van der Waals surface area (Å²) in [5.74, 6) is 0. The summed E-state index contributed by atoms with van der Waals surface area (Å²) in [5.41, 5.74) is 0. The lowest BCUT2D eigenvalue weighted by atomic mass is 10.0. The minimum Gasteiger partial charge on any atom is -0.390 e. The highest BCUT2D eigenvalue weighted by Crippen LogP contribution is 2.33. The minimum absolute atomic E-state index is 0.0905. The van der Waals surface area contributed by atoms with Crippen molar-refractivity contribution in [1.29, 1.82) is 0 Å². The topological polar surface area (TPSA) is 88.4 Å². The van der Waals surface area contributed by atoms with E-state index in [-0.39, 0.29) is 19.3 Å². The van der Waals surface area contributed by atoms with Gasteiger partial charge < -0.3 is 28.9 Å². The Kier molecular flexibility index (Phi) is 5.92. The average Bonchev–Trinajstić information content (AvgIpc) is 2.20. The summed E-state index contributed by atoms with van der Waals surface area (Å²) in [6, 6.07) is 0. The van der Waals surface area contributed by atoms with Crippen molar-refractivity contribution in [3.8, 4) is 0 Å². The molecule has 1 fully saturated rings. The lowest BCUT2D eigenvalue weighted by Crippen LogP contribution is -2.42. The quantitative estimate of drug-likeness (QED) is 0.575. The summed E-state index contributed by atoms with van der Waals surface area (Å²) < 4.78 is 15.0. The Morgan fingerprint density at radius 2 is 2.07 bits per heavy atom. The van der Waals surface area contributed by atoms with Crippen LogP contribution in [0.25, 0.3) is 0 Å². The molecule has 3 N–H and O–H groups in total. The summed E-state index contributed by atoms with van der Waals surface area (Å²) in [6.45, 7) is 2.39. The standard InChI is InChI=1S/C8H17O6P/c1-2-13-15(11)14-4-6-3-7(9)8(10)5-12-6/h6-11H,2-5H2,1H3. The molecule has 1 saturated heterocycles. The van der Waals surface area contributed by atoms with E-state index in [1.165, 1.54) is 0 Å². The molecule has 6 nitrogen and oxygen atoms in total. The van der Waals surface area contributed by atoms with Gasteiger partial charge in [-0.3, -0.25) is 0 Å². The first-order chi connectivity index (χ1) is 7.13. The normalized spacial score (nSPS) is 34.0. The van der Waals surface area contributed by atoms with Crippen LogP contribution < -0.4 is 0 Å². The lowest BCUT2D eigenvalue weighted by Gasteiger charge is -2.30. The van der Waals surface area contributed by atoms with Crippen LogP contribution in [0, 0.1) is 0 Å². The van der Waals surface area contributed by atoms with Crippen LogP contribution in [0.2, 0.25) is 0 Å². The van der Waals surface area contributed by atoms with Crippen LogP contribution in [-0.2, 0) is 13.8 Å². The first-order valence-electron chi connectivity index (χ1n) is 4.86. The molecule has 1 rings (SSSR count). The van der Waals surface area contributed by atoms with Crippen LogP contribution >= 0.6 is 8.60 Å². The molecule has 0 aliphatic carbocycles. The number of aliphatic hydroxyl groups is 2. The van der Waals surface area contributed by atoms with E-state index in [0.29, 0.717) is 13.0 Å². The van der Waals surface area contributed by atoms with Gasteiger partial charge in [0.2, 0.25) is 0 Å². The van der Waals surface area contributed by atoms with Gasteiger partial charge in [-0.2, -0.15) is 0 Å². The third-order valence-corrected chi connectivity index (χ3v) is 2.91. The molecule has 4 unspecified atom stereocenters. The van der Waals surface area contributed by atoms with Gasteiger partial charge in [0.05, 0.1) is 32.0 Å². The monoisotopic (exact) mass is 240 g/mol. The Morgan fingerprint density at radius 3 is 2.67 bits per heavy atom. The van der Waals surface area contributed by atoms with Crippen LogP contribution in [0.4, 0.5) is 0 Å². The zero-order valence-electron chi connectivity index (χ0n) is 8.57. The first-order valence-corrected chi connectivity index (χ1v) is 5.99. The summed E-state index contributed by atoms with van der Waals surface area (Å²) in [6.07, 6.45) is -1.62. The van der Waals surface area contributed by atoms with Crippen LogP contribution in [0.1, 0.15) is 13.3 Å². The highest BCUT2D eigenvalue weighted by Gasteiger charge is 2.28. The third-order valence-electron chi connectivity index (χ3n) is 2.06. The highest BCUT2D eigenvalue weighted by atomic mass is 31.2.